The van der Waals surface area contributed by atoms with E-state index in [2.05, 4.69) is 19.9 Å². The van der Waals surface area contributed by atoms with Crippen molar-refractivity contribution in [1.82, 2.24) is 24.5 Å². The molecule has 0 bridgehead atoms. The van der Waals surface area contributed by atoms with E-state index in [1.165, 1.54) is 0 Å². The minimum Gasteiger partial charge on any atom is -0.461 e. The number of nitrogens with two attached hydrogens (primary N) is 1. The van der Waals surface area contributed by atoms with Crippen LogP contribution in [0.15, 0.2) is 18.7 Å². The summed E-state index contributed by atoms with van der Waals surface area (Å²) in [6.45, 7) is 0.801. The van der Waals surface area contributed by atoms with Gasteiger partial charge in [0.05, 0.1) is 6.61 Å². The second-order valence-corrected chi connectivity index (χ2v) is 3.09. The van der Waals surface area contributed by atoms with Crippen molar-refractivity contribution in [1.29, 1.82) is 0 Å². The minimum atomic E-state index is 0.0936. The molecule has 90 valence electrons. The average molecular weight is 236 g/mol. The van der Waals surface area contributed by atoms with Crippen molar-refractivity contribution in [3.63, 3.8) is 0 Å². The Bertz CT molecular complexity index is 472. The van der Waals surface area contributed by atoms with E-state index in [1.807, 2.05) is 0 Å². The molecule has 2 rings (SSSR count). The molecule has 8 heteroatoms. The van der Waals surface area contributed by atoms with Crippen LogP contribution in [0.25, 0.3) is 5.95 Å². The van der Waals surface area contributed by atoms with Crippen molar-refractivity contribution in [2.75, 3.05) is 26.1 Å². The largest absolute Gasteiger partial charge is 0.461 e. The molecular formula is C9H12N6O2. The average Bonchev–Trinajstić information content (AvgIpc) is 2.82. The van der Waals surface area contributed by atoms with Crippen molar-refractivity contribution >= 4 is 5.95 Å². The number of rotatable bonds is 5. The number of anilines is 1. The van der Waals surface area contributed by atoms with Gasteiger partial charge in [-0.25, -0.2) is 4.98 Å². The molecule has 2 aromatic heterocycles. The lowest BCUT2D eigenvalue weighted by Gasteiger charge is -2.06. The Hall–Kier alpha value is -2.22. The third kappa shape index (κ3) is 2.88. The lowest BCUT2D eigenvalue weighted by atomic mass is 10.7. The molecular weight excluding hydrogens is 224 g/mol. The molecule has 2 heterocycles. The second-order valence-electron chi connectivity index (χ2n) is 3.09. The first-order valence-electron chi connectivity index (χ1n) is 4.91. The maximum atomic E-state index is 5.56. The van der Waals surface area contributed by atoms with Crippen LogP contribution in [0.3, 0.4) is 0 Å². The maximum Gasteiger partial charge on any atom is 0.323 e. The molecule has 0 aliphatic heterocycles. The number of nitrogens with zero attached hydrogens (tertiary/aromatic N) is 5. The molecule has 0 spiro atoms. The number of hydrogen-bond donors (Lipinski definition) is 1. The molecule has 0 aliphatic carbocycles. The summed E-state index contributed by atoms with van der Waals surface area (Å²) in [5.74, 6) is 0.457. The van der Waals surface area contributed by atoms with Gasteiger partial charge >= 0.3 is 6.01 Å². The Morgan fingerprint density at radius 3 is 2.88 bits per heavy atom. The van der Waals surface area contributed by atoms with E-state index in [1.54, 1.807) is 30.4 Å². The number of hydrogen-bond acceptors (Lipinski definition) is 7. The molecule has 0 saturated heterocycles. The lowest BCUT2D eigenvalue weighted by molar-refractivity contribution is 0.140. The van der Waals surface area contributed by atoms with Crippen molar-refractivity contribution in [3.05, 3.63) is 18.7 Å². The molecule has 0 amide bonds. The summed E-state index contributed by atoms with van der Waals surface area (Å²) in [6.07, 6.45) is 4.88. The van der Waals surface area contributed by atoms with Gasteiger partial charge in [0.1, 0.15) is 12.9 Å². The highest BCUT2D eigenvalue weighted by Crippen LogP contribution is 2.08. The highest BCUT2D eigenvalue weighted by Gasteiger charge is 2.06. The predicted octanol–water partition coefficient (Wildman–Crippen LogP) is -0.335. The monoisotopic (exact) mass is 236 g/mol. The van der Waals surface area contributed by atoms with E-state index in [-0.39, 0.29) is 12.0 Å². The molecule has 2 N–H and O–H groups in total. The fraction of sp³-hybridized carbons (Fsp3) is 0.333. The van der Waals surface area contributed by atoms with E-state index < -0.39 is 0 Å². The molecule has 2 aromatic rings. The van der Waals surface area contributed by atoms with Crippen LogP contribution in [0.1, 0.15) is 0 Å². The quantitative estimate of drug-likeness (QED) is 0.709. The predicted molar refractivity (Wildman–Crippen MR) is 58.7 cm³/mol. The Kier molecular flexibility index (Phi) is 3.46. The van der Waals surface area contributed by atoms with Gasteiger partial charge in [0.25, 0.3) is 0 Å². The van der Waals surface area contributed by atoms with Gasteiger partial charge in [-0.1, -0.05) is 0 Å². The zero-order valence-electron chi connectivity index (χ0n) is 9.28. The summed E-state index contributed by atoms with van der Waals surface area (Å²) in [5.41, 5.74) is 5.56. The van der Waals surface area contributed by atoms with Crippen LogP contribution in [0.2, 0.25) is 0 Å². The van der Waals surface area contributed by atoms with Gasteiger partial charge in [0, 0.05) is 19.5 Å². The van der Waals surface area contributed by atoms with Crippen molar-refractivity contribution in [3.8, 4) is 12.0 Å². The Balaban J connectivity index is 2.18. The number of aromatic nitrogens is 5. The number of ether oxygens (including phenoxy) is 2. The Labute approximate surface area is 97.4 Å². The van der Waals surface area contributed by atoms with Crippen LogP contribution < -0.4 is 10.5 Å². The van der Waals surface area contributed by atoms with Gasteiger partial charge in [0.2, 0.25) is 11.9 Å². The third-order valence-electron chi connectivity index (χ3n) is 1.87. The zero-order chi connectivity index (χ0) is 12.1. The van der Waals surface area contributed by atoms with E-state index in [0.717, 1.165) is 0 Å². The van der Waals surface area contributed by atoms with Gasteiger partial charge in [-0.15, -0.1) is 0 Å². The van der Waals surface area contributed by atoms with Crippen LogP contribution >= 0.6 is 0 Å². The molecule has 0 unspecified atom stereocenters. The highest BCUT2D eigenvalue weighted by molar-refractivity contribution is 5.24. The topological polar surface area (TPSA) is 101 Å². The van der Waals surface area contributed by atoms with Crippen molar-refractivity contribution < 1.29 is 9.47 Å². The summed E-state index contributed by atoms with van der Waals surface area (Å²) < 4.78 is 11.7. The van der Waals surface area contributed by atoms with Crippen molar-refractivity contribution in [2.24, 2.45) is 0 Å². The maximum absolute atomic E-state index is 5.56. The fourth-order valence-corrected chi connectivity index (χ4v) is 1.13. The molecule has 0 fully saturated rings. The second kappa shape index (κ2) is 5.21. The number of nitrogen functional groups attached to an aromatic ring is 1. The molecule has 0 radical (unpaired) electrons. The highest BCUT2D eigenvalue weighted by atomic mass is 16.5. The summed E-state index contributed by atoms with van der Waals surface area (Å²) in [4.78, 5) is 15.8. The molecule has 0 saturated carbocycles. The van der Waals surface area contributed by atoms with Gasteiger partial charge in [0.15, 0.2) is 0 Å². The van der Waals surface area contributed by atoms with Gasteiger partial charge < -0.3 is 15.2 Å². The minimum absolute atomic E-state index is 0.0936. The fourth-order valence-electron chi connectivity index (χ4n) is 1.13. The lowest BCUT2D eigenvalue weighted by Crippen LogP contribution is -2.11. The van der Waals surface area contributed by atoms with Gasteiger partial charge in [-0.05, 0) is 0 Å². The first-order chi connectivity index (χ1) is 8.29. The first-order valence-corrected chi connectivity index (χ1v) is 4.91. The first kappa shape index (κ1) is 11.3. The van der Waals surface area contributed by atoms with Gasteiger partial charge in [-0.3, -0.25) is 4.57 Å². The summed E-state index contributed by atoms with van der Waals surface area (Å²) in [5, 5.41) is 0. The Morgan fingerprint density at radius 2 is 2.18 bits per heavy atom. The van der Waals surface area contributed by atoms with Crippen LogP contribution in [0.4, 0.5) is 5.95 Å². The summed E-state index contributed by atoms with van der Waals surface area (Å²) >= 11 is 0. The van der Waals surface area contributed by atoms with Crippen LogP contribution in [-0.2, 0) is 4.74 Å². The zero-order valence-corrected chi connectivity index (χ0v) is 9.28. The van der Waals surface area contributed by atoms with E-state index >= 15 is 0 Å². The number of imidazole rings is 1. The van der Waals surface area contributed by atoms with Crippen LogP contribution in [0.5, 0.6) is 6.01 Å². The molecule has 8 nitrogen and oxygen atoms in total. The third-order valence-corrected chi connectivity index (χ3v) is 1.87. The summed E-state index contributed by atoms with van der Waals surface area (Å²) in [7, 11) is 1.59. The van der Waals surface area contributed by atoms with Crippen molar-refractivity contribution in [2.45, 2.75) is 0 Å². The smallest absolute Gasteiger partial charge is 0.323 e. The molecule has 17 heavy (non-hydrogen) atoms. The summed E-state index contributed by atoms with van der Waals surface area (Å²) in [6, 6.07) is 0.165. The normalized spacial score (nSPS) is 10.4. The van der Waals surface area contributed by atoms with Gasteiger partial charge in [-0.2, -0.15) is 15.0 Å². The SMILES string of the molecule is COCCOc1nc(N)nc(-n2ccnc2)n1. The standard InChI is InChI=1S/C9H12N6O2/c1-16-4-5-17-9-13-7(10)12-8(14-9)15-3-2-11-6-15/h2-3,6H,4-5H2,1H3,(H2,10,12,13,14). The molecule has 0 aliphatic rings. The van der Waals surface area contributed by atoms with Crippen LogP contribution in [0, 0.1) is 0 Å². The Morgan fingerprint density at radius 1 is 1.29 bits per heavy atom. The molecule has 0 atom stereocenters. The van der Waals surface area contributed by atoms with E-state index in [0.29, 0.717) is 19.2 Å². The van der Waals surface area contributed by atoms with E-state index in [4.69, 9.17) is 15.2 Å². The van der Waals surface area contributed by atoms with E-state index in [9.17, 15) is 0 Å². The molecule has 0 aromatic carbocycles. The van der Waals surface area contributed by atoms with Crippen LogP contribution in [-0.4, -0.2) is 44.8 Å². The number of methoxy groups -OCH3 is 1.